The highest BCUT2D eigenvalue weighted by molar-refractivity contribution is 6.07. The first-order valence-corrected chi connectivity index (χ1v) is 14.6. The van der Waals surface area contributed by atoms with E-state index in [0.717, 1.165) is 22.0 Å². The number of carbonyl (C=O) groups excluding carboxylic acids is 3. The van der Waals surface area contributed by atoms with Gasteiger partial charge in [-0.15, -0.1) is 0 Å². The molecule has 3 aliphatic rings. The van der Waals surface area contributed by atoms with Gasteiger partial charge >= 0.3 is 0 Å². The molecule has 0 unspecified atom stereocenters. The molecule has 0 aliphatic carbocycles. The lowest BCUT2D eigenvalue weighted by Crippen LogP contribution is -2.57. The van der Waals surface area contributed by atoms with Gasteiger partial charge < -0.3 is 29.5 Å². The summed E-state index contributed by atoms with van der Waals surface area (Å²) in [5.74, 6) is 1.01. The van der Waals surface area contributed by atoms with Crippen LogP contribution in [0.3, 0.4) is 0 Å². The molecule has 9 nitrogen and oxygen atoms in total. The van der Waals surface area contributed by atoms with Crippen LogP contribution in [0, 0.1) is 0 Å². The standard InChI is InChI=1S/C34H32N4O5/c39-31(35-20-24-13-14-29-30(19-24)43-23-42-29)21-37-22-38(26-9-2-1-3-10-26)34(33(37)41)15-17-36(18-16-34)32(40)28-12-6-8-25-7-4-5-11-27(25)28/h1-14,19H,15-18,20-23H2,(H,35,39). The van der Waals surface area contributed by atoms with Crippen LogP contribution in [0.1, 0.15) is 28.8 Å². The predicted molar refractivity (Wildman–Crippen MR) is 162 cm³/mol. The average Bonchev–Trinajstić information content (AvgIpc) is 3.62. The van der Waals surface area contributed by atoms with Gasteiger partial charge in [0, 0.05) is 30.9 Å². The summed E-state index contributed by atoms with van der Waals surface area (Å²) in [7, 11) is 0. The van der Waals surface area contributed by atoms with Crippen molar-refractivity contribution in [1.29, 1.82) is 0 Å². The molecule has 9 heteroatoms. The van der Waals surface area contributed by atoms with Crippen LogP contribution in [0.25, 0.3) is 10.8 Å². The number of anilines is 1. The van der Waals surface area contributed by atoms with E-state index in [1.807, 2.05) is 95.9 Å². The number of rotatable bonds is 6. The van der Waals surface area contributed by atoms with E-state index < -0.39 is 5.54 Å². The maximum Gasteiger partial charge on any atom is 0.254 e. The van der Waals surface area contributed by atoms with Crippen molar-refractivity contribution >= 4 is 34.2 Å². The van der Waals surface area contributed by atoms with E-state index in [9.17, 15) is 14.4 Å². The average molecular weight is 577 g/mol. The van der Waals surface area contributed by atoms with E-state index in [4.69, 9.17) is 9.47 Å². The van der Waals surface area contributed by atoms with Gasteiger partial charge in [-0.2, -0.15) is 0 Å². The van der Waals surface area contributed by atoms with Crippen LogP contribution in [0.2, 0.25) is 0 Å². The van der Waals surface area contributed by atoms with E-state index in [0.29, 0.717) is 56.2 Å². The second-order valence-corrected chi connectivity index (χ2v) is 11.2. The van der Waals surface area contributed by atoms with Crippen LogP contribution in [0.5, 0.6) is 11.5 Å². The zero-order valence-electron chi connectivity index (χ0n) is 23.7. The lowest BCUT2D eigenvalue weighted by molar-refractivity contribution is -0.137. The van der Waals surface area contributed by atoms with Crippen LogP contribution in [0.4, 0.5) is 5.69 Å². The van der Waals surface area contributed by atoms with E-state index >= 15 is 0 Å². The summed E-state index contributed by atoms with van der Waals surface area (Å²) >= 11 is 0. The molecule has 2 saturated heterocycles. The van der Waals surface area contributed by atoms with Crippen molar-refractivity contribution in [1.82, 2.24) is 15.1 Å². The normalized spacial score (nSPS) is 17.1. The third-order valence-corrected chi connectivity index (χ3v) is 8.74. The van der Waals surface area contributed by atoms with E-state index in [-0.39, 0.29) is 31.1 Å². The molecule has 0 radical (unpaired) electrons. The molecule has 3 heterocycles. The van der Waals surface area contributed by atoms with E-state index in [1.165, 1.54) is 0 Å². The molecular formula is C34H32N4O5. The first kappa shape index (κ1) is 26.8. The number of likely N-dealkylation sites (tertiary alicyclic amines) is 1. The number of piperidine rings is 1. The smallest absolute Gasteiger partial charge is 0.254 e. The maximum atomic E-state index is 14.1. The number of benzene rings is 4. The largest absolute Gasteiger partial charge is 0.454 e. The van der Waals surface area contributed by atoms with Gasteiger partial charge in [0.05, 0.1) is 6.67 Å². The number of amides is 3. The third-order valence-electron chi connectivity index (χ3n) is 8.74. The molecule has 7 rings (SSSR count). The van der Waals surface area contributed by atoms with Crippen molar-refractivity contribution in [3.63, 3.8) is 0 Å². The molecule has 0 aromatic heterocycles. The first-order chi connectivity index (χ1) is 21.0. The first-order valence-electron chi connectivity index (χ1n) is 14.6. The number of fused-ring (bicyclic) bond motifs is 2. The summed E-state index contributed by atoms with van der Waals surface area (Å²) in [6, 6.07) is 29.1. The molecule has 3 amide bonds. The van der Waals surface area contributed by atoms with Crippen molar-refractivity contribution in [3.8, 4) is 11.5 Å². The van der Waals surface area contributed by atoms with Crippen LogP contribution in [-0.4, -0.2) is 66.2 Å². The minimum Gasteiger partial charge on any atom is -0.454 e. The summed E-state index contributed by atoms with van der Waals surface area (Å²) in [6.07, 6.45) is 0.957. The van der Waals surface area contributed by atoms with Crippen molar-refractivity contribution in [2.75, 3.05) is 38.0 Å². The molecule has 4 aromatic rings. The van der Waals surface area contributed by atoms with E-state index in [2.05, 4.69) is 10.2 Å². The van der Waals surface area contributed by atoms with Gasteiger partial charge in [-0.3, -0.25) is 14.4 Å². The van der Waals surface area contributed by atoms with E-state index in [1.54, 1.807) is 4.90 Å². The number of carbonyl (C=O) groups is 3. The Hall–Kier alpha value is -5.05. The molecule has 3 aliphatic heterocycles. The number of nitrogens with zero attached hydrogens (tertiary/aromatic N) is 3. The van der Waals surface area contributed by atoms with Crippen molar-refractivity contribution in [2.24, 2.45) is 0 Å². The lowest BCUT2D eigenvalue weighted by Gasteiger charge is -2.43. The second kappa shape index (κ2) is 11.0. The highest BCUT2D eigenvalue weighted by Crippen LogP contribution is 2.40. The third kappa shape index (κ3) is 4.90. The Kier molecular flexibility index (Phi) is 6.85. The Bertz CT molecular complexity index is 1690. The molecule has 0 bridgehead atoms. The molecule has 1 spiro atoms. The number of para-hydroxylation sites is 1. The molecule has 0 saturated carbocycles. The van der Waals surface area contributed by atoms with Gasteiger partial charge in [0.2, 0.25) is 12.7 Å². The molecule has 0 atom stereocenters. The highest BCUT2D eigenvalue weighted by Gasteiger charge is 2.54. The van der Waals surface area contributed by atoms with Crippen LogP contribution in [-0.2, 0) is 16.1 Å². The Balaban J connectivity index is 1.06. The zero-order valence-corrected chi connectivity index (χ0v) is 23.7. The SMILES string of the molecule is O=C(CN1CN(c2ccccc2)C2(CCN(C(=O)c3cccc4ccccc34)CC2)C1=O)NCc1ccc2c(c1)OCO2. The monoisotopic (exact) mass is 576 g/mol. The summed E-state index contributed by atoms with van der Waals surface area (Å²) in [4.78, 5) is 46.4. The van der Waals surface area contributed by atoms with Gasteiger partial charge in [0.15, 0.2) is 11.5 Å². The lowest BCUT2D eigenvalue weighted by atomic mass is 9.85. The Labute approximate surface area is 249 Å². The fourth-order valence-corrected chi connectivity index (χ4v) is 6.47. The molecule has 2 fully saturated rings. The van der Waals surface area contributed by atoms with Gasteiger partial charge in [-0.05, 0) is 59.5 Å². The minimum atomic E-state index is -0.825. The van der Waals surface area contributed by atoms with Crippen molar-refractivity contribution in [2.45, 2.75) is 24.9 Å². The predicted octanol–water partition coefficient (Wildman–Crippen LogP) is 4.17. The van der Waals surface area contributed by atoms with Crippen LogP contribution in [0.15, 0.2) is 91.0 Å². The van der Waals surface area contributed by atoms with Gasteiger partial charge in [0.1, 0.15) is 12.1 Å². The number of ether oxygens (including phenoxy) is 2. The number of nitrogens with one attached hydrogen (secondary N) is 1. The maximum absolute atomic E-state index is 14.1. The molecule has 4 aromatic carbocycles. The fourth-order valence-electron chi connectivity index (χ4n) is 6.47. The molecular weight excluding hydrogens is 544 g/mol. The van der Waals surface area contributed by atoms with Gasteiger partial charge in [-0.25, -0.2) is 0 Å². The molecule has 218 valence electrons. The number of hydrogen-bond acceptors (Lipinski definition) is 6. The number of hydrogen-bond donors (Lipinski definition) is 1. The molecule has 1 N–H and O–H groups in total. The van der Waals surface area contributed by atoms with Crippen LogP contribution < -0.4 is 19.7 Å². The van der Waals surface area contributed by atoms with Gasteiger partial charge in [0.25, 0.3) is 11.8 Å². The summed E-state index contributed by atoms with van der Waals surface area (Å²) < 4.78 is 10.8. The van der Waals surface area contributed by atoms with Crippen LogP contribution >= 0.6 is 0 Å². The van der Waals surface area contributed by atoms with Crippen molar-refractivity contribution < 1.29 is 23.9 Å². The zero-order chi connectivity index (χ0) is 29.4. The summed E-state index contributed by atoms with van der Waals surface area (Å²) in [5.41, 5.74) is 1.66. The Morgan fingerprint density at radius 3 is 2.42 bits per heavy atom. The molecule has 43 heavy (non-hydrogen) atoms. The Morgan fingerprint density at radius 2 is 1.58 bits per heavy atom. The minimum absolute atomic E-state index is 0.0249. The fraction of sp³-hybridized carbons (Fsp3) is 0.265. The summed E-state index contributed by atoms with van der Waals surface area (Å²) in [6.45, 7) is 1.65. The topological polar surface area (TPSA) is 91.4 Å². The summed E-state index contributed by atoms with van der Waals surface area (Å²) in [5, 5.41) is 4.89. The Morgan fingerprint density at radius 1 is 0.837 bits per heavy atom. The van der Waals surface area contributed by atoms with Crippen molar-refractivity contribution in [3.05, 3.63) is 102 Å². The highest BCUT2D eigenvalue weighted by atomic mass is 16.7. The van der Waals surface area contributed by atoms with Gasteiger partial charge in [-0.1, -0.05) is 60.7 Å². The quantitative estimate of drug-likeness (QED) is 0.371. The second-order valence-electron chi connectivity index (χ2n) is 11.2.